The number of benzene rings is 3. The predicted molar refractivity (Wildman–Crippen MR) is 134 cm³/mol. The molecule has 7 nitrogen and oxygen atoms in total. The van der Waals surface area contributed by atoms with E-state index in [0.29, 0.717) is 50.4 Å². The quantitative estimate of drug-likeness (QED) is 0.278. The molecule has 0 fully saturated rings. The van der Waals surface area contributed by atoms with Crippen molar-refractivity contribution in [3.8, 4) is 0 Å². The van der Waals surface area contributed by atoms with Crippen molar-refractivity contribution in [2.75, 3.05) is 11.3 Å². The predicted octanol–water partition coefficient (Wildman–Crippen LogP) is 5.86. The fourth-order valence-electron chi connectivity index (χ4n) is 3.73. The van der Waals surface area contributed by atoms with E-state index in [1.54, 1.807) is 52.5 Å². The second-order valence-corrected chi connectivity index (χ2v) is 10.5. The molecule has 0 amide bonds. The van der Waals surface area contributed by atoms with Gasteiger partial charge in [-0.1, -0.05) is 24.6 Å². The van der Waals surface area contributed by atoms with Gasteiger partial charge in [0.1, 0.15) is 11.2 Å². The highest BCUT2D eigenvalue weighted by Gasteiger charge is 2.39. The molecule has 0 saturated heterocycles. The topological polar surface area (TPSA) is 84.2 Å². The number of fused-ring (bicyclic) bond motifs is 2. The Bertz CT molecular complexity index is 1540. The summed E-state index contributed by atoms with van der Waals surface area (Å²) in [5.41, 5.74) is 3.46. The third kappa shape index (κ3) is 3.89. The number of carbonyl (C=O) groups excluding carboxylic acids is 1. The van der Waals surface area contributed by atoms with Gasteiger partial charge in [-0.05, 0) is 84.6 Å². The molecule has 0 saturated carbocycles. The first-order valence-electron chi connectivity index (χ1n) is 10.8. The van der Waals surface area contributed by atoms with Crippen LogP contribution in [0.2, 0.25) is 5.02 Å². The number of hydrogen-bond donors (Lipinski definition) is 1. The van der Waals surface area contributed by atoms with E-state index in [1.165, 1.54) is 0 Å². The van der Waals surface area contributed by atoms with E-state index >= 15 is 0 Å². The molecular formula is C25H22ClN4O3S+. The van der Waals surface area contributed by atoms with Crippen LogP contribution in [-0.2, 0) is 14.7 Å². The van der Waals surface area contributed by atoms with E-state index in [1.807, 2.05) is 32.0 Å². The number of hydrogen-bond acceptors (Lipinski definition) is 5. The standard InChI is InChI=1S/C25H21ClN4O3S/c1-3-14-33-25(31)17-5-9-19(10-6-17)30-24-23(27-21-13-4-16(2)15-22(21)28-24)29-34(30,32)20-11-7-18(26)8-12-20/h4-13,15H,3,14H2,1-2H3/p+1. The Kier molecular flexibility index (Phi) is 5.71. The lowest BCUT2D eigenvalue weighted by atomic mass is 10.2. The van der Waals surface area contributed by atoms with Crippen LogP contribution in [0.15, 0.2) is 71.6 Å². The lowest BCUT2D eigenvalue weighted by molar-refractivity contribution is 0.0505. The van der Waals surface area contributed by atoms with Gasteiger partial charge in [-0.3, -0.25) is 4.72 Å². The summed E-state index contributed by atoms with van der Waals surface area (Å²) in [6, 6.07) is 19.4. The number of rotatable bonds is 5. The van der Waals surface area contributed by atoms with Crippen LogP contribution in [0.3, 0.4) is 0 Å². The molecule has 0 aliphatic carbocycles. The number of aromatic nitrogens is 2. The van der Waals surface area contributed by atoms with Crippen LogP contribution in [0.4, 0.5) is 17.3 Å². The number of esters is 1. The summed E-state index contributed by atoms with van der Waals surface area (Å²) in [5, 5.41) is 0.543. The van der Waals surface area contributed by atoms with Crippen molar-refractivity contribution in [1.82, 2.24) is 13.9 Å². The zero-order chi connectivity index (χ0) is 23.9. The zero-order valence-electron chi connectivity index (χ0n) is 18.6. The molecule has 1 aromatic heterocycles. The second-order valence-electron chi connectivity index (χ2n) is 7.95. The molecular weight excluding hydrogens is 472 g/mol. The van der Waals surface area contributed by atoms with Crippen LogP contribution < -0.4 is 8.67 Å². The maximum Gasteiger partial charge on any atom is 0.382 e. The molecule has 34 heavy (non-hydrogen) atoms. The van der Waals surface area contributed by atoms with Crippen molar-refractivity contribution in [2.45, 2.75) is 25.2 Å². The van der Waals surface area contributed by atoms with Crippen molar-refractivity contribution in [2.24, 2.45) is 0 Å². The summed E-state index contributed by atoms with van der Waals surface area (Å²) in [5.74, 6) is 0.468. The molecule has 1 unspecified atom stereocenters. The molecule has 1 aliphatic rings. The average Bonchev–Trinajstić information content (AvgIpc) is 3.13. The Morgan fingerprint density at radius 1 is 1.03 bits per heavy atom. The van der Waals surface area contributed by atoms with Gasteiger partial charge in [0.15, 0.2) is 0 Å². The lowest BCUT2D eigenvalue weighted by Gasteiger charge is -2.09. The lowest BCUT2D eigenvalue weighted by Crippen LogP contribution is -2.19. The monoisotopic (exact) mass is 493 g/mol. The fourth-order valence-corrected chi connectivity index (χ4v) is 5.97. The Morgan fingerprint density at radius 3 is 2.47 bits per heavy atom. The van der Waals surface area contributed by atoms with Gasteiger partial charge in [-0.25, -0.2) is 14.0 Å². The smallest absolute Gasteiger partial charge is 0.382 e. The van der Waals surface area contributed by atoms with E-state index in [0.717, 1.165) is 12.0 Å². The minimum absolute atomic E-state index is 0.358. The van der Waals surface area contributed by atoms with Crippen LogP contribution in [0.5, 0.6) is 0 Å². The van der Waals surface area contributed by atoms with Gasteiger partial charge < -0.3 is 4.74 Å². The van der Waals surface area contributed by atoms with E-state index < -0.39 is 15.9 Å². The van der Waals surface area contributed by atoms with Gasteiger partial charge in [0.05, 0.1) is 17.1 Å². The molecule has 1 N–H and O–H groups in total. The number of anilines is 1. The van der Waals surface area contributed by atoms with Crippen LogP contribution in [0.25, 0.3) is 11.0 Å². The van der Waals surface area contributed by atoms with E-state index in [2.05, 4.69) is 4.72 Å². The van der Waals surface area contributed by atoms with Crippen molar-refractivity contribution in [3.05, 3.63) is 82.9 Å². The van der Waals surface area contributed by atoms with Gasteiger partial charge in [0.25, 0.3) is 0 Å². The first-order chi connectivity index (χ1) is 16.4. The Labute approximate surface area is 202 Å². The van der Waals surface area contributed by atoms with Gasteiger partial charge in [0.2, 0.25) is 21.2 Å². The number of nitrogens with zero attached hydrogens (tertiary/aromatic N) is 3. The van der Waals surface area contributed by atoms with Gasteiger partial charge >= 0.3 is 11.8 Å². The van der Waals surface area contributed by atoms with Crippen LogP contribution in [-0.4, -0.2) is 26.8 Å². The van der Waals surface area contributed by atoms with Crippen molar-refractivity contribution >= 4 is 55.8 Å². The molecule has 0 bridgehead atoms. The molecule has 9 heteroatoms. The van der Waals surface area contributed by atoms with Gasteiger partial charge in [0, 0.05) is 5.02 Å². The fraction of sp³-hybridized carbons (Fsp3) is 0.160. The first-order valence-corrected chi connectivity index (χ1v) is 12.7. The van der Waals surface area contributed by atoms with Crippen molar-refractivity contribution in [3.63, 3.8) is 0 Å². The molecule has 1 atom stereocenters. The molecule has 5 rings (SSSR count). The number of carbonyl (C=O) groups is 1. The number of nitrogens with one attached hydrogen (secondary N) is 1. The summed E-state index contributed by atoms with van der Waals surface area (Å²) in [7, 11) is -3.05. The average molecular weight is 494 g/mol. The Morgan fingerprint density at radius 2 is 1.76 bits per heavy atom. The molecule has 0 radical (unpaired) electrons. The normalized spacial score (nSPS) is 16.9. The highest BCUT2D eigenvalue weighted by molar-refractivity contribution is 7.95. The summed E-state index contributed by atoms with van der Waals surface area (Å²) >= 11 is 6.08. The highest BCUT2D eigenvalue weighted by Crippen LogP contribution is 2.38. The Balaban J connectivity index is 1.70. The maximum absolute atomic E-state index is 14.5. The molecule has 3 aromatic carbocycles. The molecule has 4 aromatic rings. The molecule has 1 aliphatic heterocycles. The van der Waals surface area contributed by atoms with Crippen molar-refractivity contribution in [1.29, 1.82) is 0 Å². The minimum Gasteiger partial charge on any atom is -0.462 e. The van der Waals surface area contributed by atoms with Crippen LogP contribution >= 0.6 is 11.6 Å². The number of aryl methyl sites for hydroxylation is 1. The summed E-state index contributed by atoms with van der Waals surface area (Å²) in [6.07, 6.45) is 0.745. The van der Waals surface area contributed by atoms with Crippen molar-refractivity contribution < 1.29 is 13.7 Å². The highest BCUT2D eigenvalue weighted by atomic mass is 35.5. The van der Waals surface area contributed by atoms with E-state index in [9.17, 15) is 9.00 Å². The summed E-state index contributed by atoms with van der Waals surface area (Å²) < 4.78 is 24.5. The van der Waals surface area contributed by atoms with Crippen LogP contribution in [0, 0.1) is 6.92 Å². The first kappa shape index (κ1) is 22.3. The second kappa shape index (κ2) is 8.70. The van der Waals surface area contributed by atoms with E-state index in [-0.39, 0.29) is 0 Å². The maximum atomic E-state index is 14.5. The largest absolute Gasteiger partial charge is 0.462 e. The number of ether oxygens (including phenoxy) is 1. The molecule has 172 valence electrons. The molecule has 0 spiro atoms. The third-order valence-electron chi connectivity index (χ3n) is 5.39. The van der Waals surface area contributed by atoms with E-state index in [4.69, 9.17) is 26.3 Å². The summed E-state index contributed by atoms with van der Waals surface area (Å²) in [6.45, 7) is 4.28. The minimum atomic E-state index is -3.05. The van der Waals surface area contributed by atoms with Gasteiger partial charge in [-0.2, -0.15) is 0 Å². The van der Waals surface area contributed by atoms with Crippen LogP contribution in [0.1, 0.15) is 29.3 Å². The third-order valence-corrected chi connectivity index (χ3v) is 7.92. The SMILES string of the molecule is CCCOC(=O)c1ccc([N+]2=S(=O)(c3ccc(Cl)cc3)Nc3nc4ccc(C)cc4nc32)cc1. The summed E-state index contributed by atoms with van der Waals surface area (Å²) in [4.78, 5) is 22.3. The Hall–Kier alpha value is -3.49. The molecule has 2 heterocycles. The zero-order valence-corrected chi connectivity index (χ0v) is 20.2. The number of halogens is 1. The van der Waals surface area contributed by atoms with Gasteiger partial charge in [-0.15, -0.1) is 3.95 Å².